The summed E-state index contributed by atoms with van der Waals surface area (Å²) in [4.78, 5) is 15.4. The van der Waals surface area contributed by atoms with Gasteiger partial charge in [-0.25, -0.2) is 4.79 Å². The van der Waals surface area contributed by atoms with Gasteiger partial charge in [0.2, 0.25) is 0 Å². The van der Waals surface area contributed by atoms with Crippen LogP contribution in [0.4, 0.5) is 4.79 Å². The van der Waals surface area contributed by atoms with E-state index in [1.54, 1.807) is 6.20 Å². The molecule has 0 fully saturated rings. The topological polar surface area (TPSA) is 51.2 Å². The Kier molecular flexibility index (Phi) is 6.70. The molecule has 106 valence electrons. The van der Waals surface area contributed by atoms with Gasteiger partial charge in [0.05, 0.1) is 0 Å². The number of nitrogens with one attached hydrogen (secondary N) is 1. The third-order valence-electron chi connectivity index (χ3n) is 2.13. The van der Waals surface area contributed by atoms with Crippen LogP contribution in [0.1, 0.15) is 32.8 Å². The number of ether oxygens (including phenoxy) is 1. The highest BCUT2D eigenvalue weighted by molar-refractivity contribution is 7.98. The standard InChI is InChI=1S/C14H22N2O2S/c1-14(2,3)18-13(17)16-8-5-9-19-11-12-6-4-7-15-10-12/h4,6-7,10H,5,8-9,11H2,1-3H3,(H,16,17). The van der Waals surface area contributed by atoms with Gasteiger partial charge in [0, 0.05) is 24.7 Å². The van der Waals surface area contributed by atoms with Crippen LogP contribution in [0.3, 0.4) is 0 Å². The van der Waals surface area contributed by atoms with E-state index in [9.17, 15) is 4.79 Å². The summed E-state index contributed by atoms with van der Waals surface area (Å²) in [5.74, 6) is 1.96. The Labute approximate surface area is 119 Å². The Balaban J connectivity index is 2.01. The van der Waals surface area contributed by atoms with Gasteiger partial charge in [0.1, 0.15) is 5.60 Å². The summed E-state index contributed by atoms with van der Waals surface area (Å²) in [7, 11) is 0. The normalized spacial score (nSPS) is 11.1. The summed E-state index contributed by atoms with van der Waals surface area (Å²) in [6.45, 7) is 6.22. The molecule has 1 aromatic rings. The Morgan fingerprint density at radius 3 is 2.89 bits per heavy atom. The molecule has 0 radical (unpaired) electrons. The number of nitrogens with zero attached hydrogens (tertiary/aromatic N) is 1. The van der Waals surface area contributed by atoms with Gasteiger partial charge in [-0.15, -0.1) is 0 Å². The van der Waals surface area contributed by atoms with Gasteiger partial charge in [-0.3, -0.25) is 4.98 Å². The Morgan fingerprint density at radius 1 is 1.47 bits per heavy atom. The smallest absolute Gasteiger partial charge is 0.407 e. The van der Waals surface area contributed by atoms with Crippen LogP contribution < -0.4 is 5.32 Å². The second-order valence-electron chi connectivity index (χ2n) is 5.20. The van der Waals surface area contributed by atoms with Crippen LogP contribution in [0.2, 0.25) is 0 Å². The third-order valence-corrected chi connectivity index (χ3v) is 3.24. The molecule has 4 nitrogen and oxygen atoms in total. The van der Waals surface area contributed by atoms with Crippen molar-refractivity contribution in [3.05, 3.63) is 30.1 Å². The Morgan fingerprint density at radius 2 is 2.26 bits per heavy atom. The van der Waals surface area contributed by atoms with Crippen LogP contribution in [-0.4, -0.2) is 29.0 Å². The van der Waals surface area contributed by atoms with Crippen LogP contribution in [0.15, 0.2) is 24.5 Å². The van der Waals surface area contributed by atoms with Crippen LogP contribution >= 0.6 is 11.8 Å². The first kappa shape index (κ1) is 15.8. The molecule has 5 heteroatoms. The summed E-state index contributed by atoms with van der Waals surface area (Å²) in [5.41, 5.74) is 0.798. The van der Waals surface area contributed by atoms with Crippen molar-refractivity contribution in [1.82, 2.24) is 10.3 Å². The van der Waals surface area contributed by atoms with Crippen LogP contribution in [0.25, 0.3) is 0 Å². The number of pyridine rings is 1. The molecule has 0 aliphatic rings. The van der Waals surface area contributed by atoms with Gasteiger partial charge in [0.25, 0.3) is 0 Å². The molecule has 1 N–H and O–H groups in total. The molecule has 0 unspecified atom stereocenters. The van der Waals surface area contributed by atoms with Crippen molar-refractivity contribution in [2.45, 2.75) is 38.5 Å². The van der Waals surface area contributed by atoms with E-state index in [1.165, 1.54) is 5.56 Å². The van der Waals surface area contributed by atoms with Crippen LogP contribution in [0, 0.1) is 0 Å². The minimum atomic E-state index is -0.431. The van der Waals surface area contributed by atoms with Crippen molar-refractivity contribution < 1.29 is 9.53 Å². The Hall–Kier alpha value is -1.23. The highest BCUT2D eigenvalue weighted by Gasteiger charge is 2.15. The number of carbonyl (C=O) groups excluding carboxylic acids is 1. The first-order valence-corrected chi connectivity index (χ1v) is 7.56. The highest BCUT2D eigenvalue weighted by Crippen LogP contribution is 2.11. The molecule has 19 heavy (non-hydrogen) atoms. The lowest BCUT2D eigenvalue weighted by Crippen LogP contribution is -2.33. The number of carbonyl (C=O) groups is 1. The van der Waals surface area contributed by atoms with E-state index in [2.05, 4.69) is 16.4 Å². The molecule has 0 saturated carbocycles. The van der Waals surface area contributed by atoms with Crippen molar-refractivity contribution in [2.24, 2.45) is 0 Å². The first-order valence-electron chi connectivity index (χ1n) is 6.41. The molecule has 0 saturated heterocycles. The molecule has 0 bridgehead atoms. The SMILES string of the molecule is CC(C)(C)OC(=O)NCCCSCc1cccnc1. The van der Waals surface area contributed by atoms with Crippen molar-refractivity contribution in [3.8, 4) is 0 Å². The number of hydrogen-bond acceptors (Lipinski definition) is 4. The molecule has 0 aliphatic carbocycles. The molecule has 0 aliphatic heterocycles. The molecule has 0 spiro atoms. The van der Waals surface area contributed by atoms with E-state index >= 15 is 0 Å². The number of rotatable bonds is 6. The maximum absolute atomic E-state index is 11.4. The maximum Gasteiger partial charge on any atom is 0.407 e. The number of hydrogen-bond donors (Lipinski definition) is 1. The van der Waals surface area contributed by atoms with Gasteiger partial charge >= 0.3 is 6.09 Å². The summed E-state index contributed by atoms with van der Waals surface area (Å²) >= 11 is 1.84. The largest absolute Gasteiger partial charge is 0.444 e. The second kappa shape index (κ2) is 8.04. The van der Waals surface area contributed by atoms with Crippen molar-refractivity contribution in [3.63, 3.8) is 0 Å². The van der Waals surface area contributed by atoms with Gasteiger partial charge in [-0.2, -0.15) is 11.8 Å². The number of amides is 1. The van der Waals surface area contributed by atoms with Crippen LogP contribution in [-0.2, 0) is 10.5 Å². The van der Waals surface area contributed by atoms with E-state index in [-0.39, 0.29) is 6.09 Å². The molecule has 1 rings (SSSR count). The first-order chi connectivity index (χ1) is 8.97. The molecule has 0 atom stereocenters. The summed E-state index contributed by atoms with van der Waals surface area (Å²) in [6.07, 6.45) is 4.25. The van der Waals surface area contributed by atoms with Crippen molar-refractivity contribution >= 4 is 17.9 Å². The molecular weight excluding hydrogens is 260 g/mol. The molecule has 0 aromatic carbocycles. The molecular formula is C14H22N2O2S. The van der Waals surface area contributed by atoms with Crippen LogP contribution in [0.5, 0.6) is 0 Å². The number of alkyl carbamates (subject to hydrolysis) is 1. The maximum atomic E-state index is 11.4. The monoisotopic (exact) mass is 282 g/mol. The zero-order valence-electron chi connectivity index (χ0n) is 11.8. The van der Waals surface area contributed by atoms with E-state index in [1.807, 2.05) is 44.8 Å². The van der Waals surface area contributed by atoms with Gasteiger partial charge in [-0.1, -0.05) is 6.07 Å². The van der Waals surface area contributed by atoms with E-state index in [0.29, 0.717) is 6.54 Å². The van der Waals surface area contributed by atoms with Gasteiger partial charge in [0.15, 0.2) is 0 Å². The molecule has 1 aromatic heterocycles. The Bertz CT molecular complexity index is 377. The fraction of sp³-hybridized carbons (Fsp3) is 0.571. The minimum Gasteiger partial charge on any atom is -0.444 e. The lowest BCUT2D eigenvalue weighted by atomic mass is 10.2. The fourth-order valence-electron chi connectivity index (χ4n) is 1.35. The zero-order valence-corrected chi connectivity index (χ0v) is 12.6. The van der Waals surface area contributed by atoms with Gasteiger partial charge < -0.3 is 10.1 Å². The lowest BCUT2D eigenvalue weighted by molar-refractivity contribution is 0.0528. The summed E-state index contributed by atoms with van der Waals surface area (Å²) < 4.78 is 5.15. The highest BCUT2D eigenvalue weighted by atomic mass is 32.2. The second-order valence-corrected chi connectivity index (χ2v) is 6.30. The number of aromatic nitrogens is 1. The van der Waals surface area contributed by atoms with E-state index < -0.39 is 5.60 Å². The number of thioether (sulfide) groups is 1. The van der Waals surface area contributed by atoms with E-state index in [4.69, 9.17) is 4.74 Å². The summed E-state index contributed by atoms with van der Waals surface area (Å²) in [6, 6.07) is 4.01. The van der Waals surface area contributed by atoms with Crippen molar-refractivity contribution in [2.75, 3.05) is 12.3 Å². The average Bonchev–Trinajstić information content (AvgIpc) is 2.32. The summed E-state index contributed by atoms with van der Waals surface area (Å²) in [5, 5.41) is 2.75. The van der Waals surface area contributed by atoms with E-state index in [0.717, 1.165) is 17.9 Å². The third kappa shape index (κ3) is 8.48. The molecule has 1 amide bonds. The predicted molar refractivity (Wildman–Crippen MR) is 79.3 cm³/mol. The fourth-order valence-corrected chi connectivity index (χ4v) is 2.25. The average molecular weight is 282 g/mol. The predicted octanol–water partition coefficient (Wildman–Crippen LogP) is 3.23. The quantitative estimate of drug-likeness (QED) is 0.814. The zero-order chi connectivity index (χ0) is 14.1. The lowest BCUT2D eigenvalue weighted by Gasteiger charge is -2.19. The molecule has 1 heterocycles. The van der Waals surface area contributed by atoms with Gasteiger partial charge in [-0.05, 0) is 44.6 Å². The van der Waals surface area contributed by atoms with Crippen molar-refractivity contribution in [1.29, 1.82) is 0 Å². The minimum absolute atomic E-state index is 0.343.